The van der Waals surface area contributed by atoms with E-state index in [9.17, 15) is 9.90 Å². The van der Waals surface area contributed by atoms with Crippen molar-refractivity contribution in [3.05, 3.63) is 42.2 Å². The molecule has 5 rings (SSSR count). The number of aliphatic hydroxyl groups is 1. The lowest BCUT2D eigenvalue weighted by molar-refractivity contribution is -0.124. The predicted octanol–water partition coefficient (Wildman–Crippen LogP) is 2.92. The Hall–Kier alpha value is -3.66. The minimum atomic E-state index is -0.785. The van der Waals surface area contributed by atoms with Gasteiger partial charge < -0.3 is 15.7 Å². The zero-order chi connectivity index (χ0) is 24.6. The summed E-state index contributed by atoms with van der Waals surface area (Å²) in [6, 6.07) is 10.1. The van der Waals surface area contributed by atoms with Gasteiger partial charge in [-0.25, -0.2) is 4.98 Å². The molecule has 1 aliphatic rings. The van der Waals surface area contributed by atoms with E-state index in [0.29, 0.717) is 36.5 Å². The minimum absolute atomic E-state index is 0.0400. The van der Waals surface area contributed by atoms with E-state index in [1.165, 1.54) is 0 Å². The van der Waals surface area contributed by atoms with Gasteiger partial charge in [-0.05, 0) is 70.7 Å². The van der Waals surface area contributed by atoms with Gasteiger partial charge in [0.05, 0.1) is 23.0 Å². The Morgan fingerprint density at radius 1 is 1.17 bits per heavy atom. The molecule has 0 aliphatic heterocycles. The molecule has 35 heavy (non-hydrogen) atoms. The SMILES string of the molecule is Cc1ccc2cc(-n3nnc4cnc(NC5CCC(C(=O)NCCC(C)(C)O)C5)nc43)ccc2n1. The van der Waals surface area contributed by atoms with Crippen molar-refractivity contribution in [3.8, 4) is 5.69 Å². The van der Waals surface area contributed by atoms with E-state index in [4.69, 9.17) is 0 Å². The first-order chi connectivity index (χ1) is 16.7. The largest absolute Gasteiger partial charge is 0.390 e. The van der Waals surface area contributed by atoms with Crippen LogP contribution in [0.4, 0.5) is 5.95 Å². The molecule has 3 aromatic heterocycles. The molecule has 2 atom stereocenters. The number of aromatic nitrogens is 6. The number of pyridine rings is 1. The Morgan fingerprint density at radius 3 is 2.86 bits per heavy atom. The summed E-state index contributed by atoms with van der Waals surface area (Å²) in [5, 5.41) is 25.7. The third-order valence-corrected chi connectivity index (χ3v) is 6.42. The Labute approximate surface area is 203 Å². The van der Waals surface area contributed by atoms with Crippen LogP contribution in [0.25, 0.3) is 27.8 Å². The Balaban J connectivity index is 1.28. The molecule has 0 bridgehead atoms. The molecule has 0 spiro atoms. The number of aryl methyl sites for hydroxylation is 1. The second kappa shape index (κ2) is 9.18. The topological polar surface area (TPSA) is 131 Å². The summed E-state index contributed by atoms with van der Waals surface area (Å²) in [7, 11) is 0. The highest BCUT2D eigenvalue weighted by molar-refractivity contribution is 5.82. The normalized spacial score (nSPS) is 18.3. The van der Waals surface area contributed by atoms with Gasteiger partial charge in [-0.1, -0.05) is 11.3 Å². The van der Waals surface area contributed by atoms with Crippen LogP contribution in [0.2, 0.25) is 0 Å². The van der Waals surface area contributed by atoms with Crippen LogP contribution < -0.4 is 10.6 Å². The van der Waals surface area contributed by atoms with Gasteiger partial charge >= 0.3 is 0 Å². The molecule has 1 aromatic carbocycles. The number of anilines is 1. The Morgan fingerprint density at radius 2 is 2.03 bits per heavy atom. The number of carbonyl (C=O) groups excluding carboxylic acids is 1. The molecule has 10 nitrogen and oxygen atoms in total. The van der Waals surface area contributed by atoms with E-state index >= 15 is 0 Å². The standard InChI is InChI=1S/C25H30N8O2/c1-15-4-5-16-13-19(8-9-20(16)28-15)33-22-21(31-32-33)14-27-24(30-22)29-18-7-6-17(12-18)23(34)26-11-10-25(2,3)35/h4-5,8-9,13-14,17-18,35H,6-7,10-12H2,1-3H3,(H,26,34)(H,27,29,30). The number of hydrogen-bond donors (Lipinski definition) is 3. The highest BCUT2D eigenvalue weighted by Gasteiger charge is 2.30. The fourth-order valence-corrected chi connectivity index (χ4v) is 4.49. The maximum absolute atomic E-state index is 12.5. The highest BCUT2D eigenvalue weighted by atomic mass is 16.3. The van der Waals surface area contributed by atoms with Crippen LogP contribution in [0.3, 0.4) is 0 Å². The van der Waals surface area contributed by atoms with Gasteiger partial charge in [0.25, 0.3) is 0 Å². The maximum Gasteiger partial charge on any atom is 0.225 e. The Kier molecular flexibility index (Phi) is 6.06. The van der Waals surface area contributed by atoms with E-state index in [1.807, 2.05) is 37.3 Å². The van der Waals surface area contributed by atoms with Crippen molar-refractivity contribution in [1.29, 1.82) is 0 Å². The molecule has 0 saturated heterocycles. The first-order valence-electron chi connectivity index (χ1n) is 12.0. The summed E-state index contributed by atoms with van der Waals surface area (Å²) in [5.41, 5.74) is 3.18. The first kappa shape index (κ1) is 23.1. The van der Waals surface area contributed by atoms with Crippen molar-refractivity contribution >= 4 is 33.9 Å². The van der Waals surface area contributed by atoms with E-state index in [1.54, 1.807) is 24.7 Å². The second-order valence-electron chi connectivity index (χ2n) is 9.94. The number of benzene rings is 1. The van der Waals surface area contributed by atoms with Gasteiger partial charge in [0.15, 0.2) is 11.2 Å². The fourth-order valence-electron chi connectivity index (χ4n) is 4.49. The molecule has 1 amide bonds. The number of amides is 1. The van der Waals surface area contributed by atoms with Crippen LogP contribution in [0.5, 0.6) is 0 Å². The van der Waals surface area contributed by atoms with Gasteiger partial charge in [-0.2, -0.15) is 9.67 Å². The average molecular weight is 475 g/mol. The monoisotopic (exact) mass is 474 g/mol. The number of nitrogens with one attached hydrogen (secondary N) is 2. The smallest absolute Gasteiger partial charge is 0.225 e. The number of nitrogens with zero attached hydrogens (tertiary/aromatic N) is 6. The summed E-state index contributed by atoms with van der Waals surface area (Å²) in [5.74, 6) is 0.477. The zero-order valence-corrected chi connectivity index (χ0v) is 20.2. The zero-order valence-electron chi connectivity index (χ0n) is 20.2. The fraction of sp³-hybridized carbons (Fsp3) is 0.440. The average Bonchev–Trinajstić information content (AvgIpc) is 3.45. The van der Waals surface area contributed by atoms with Crippen LogP contribution in [-0.4, -0.2) is 59.1 Å². The molecule has 2 unspecified atom stereocenters. The van der Waals surface area contributed by atoms with Crippen molar-refractivity contribution in [2.75, 3.05) is 11.9 Å². The van der Waals surface area contributed by atoms with Crippen LogP contribution in [0, 0.1) is 12.8 Å². The molecule has 1 saturated carbocycles. The van der Waals surface area contributed by atoms with E-state index < -0.39 is 5.60 Å². The molecule has 0 radical (unpaired) electrons. The molecule has 10 heteroatoms. The third-order valence-electron chi connectivity index (χ3n) is 6.42. The van der Waals surface area contributed by atoms with Crippen molar-refractivity contribution in [1.82, 2.24) is 35.3 Å². The quantitative estimate of drug-likeness (QED) is 0.373. The molecule has 1 aliphatic carbocycles. The van der Waals surface area contributed by atoms with Crippen LogP contribution in [0.1, 0.15) is 45.2 Å². The first-order valence-corrected chi connectivity index (χ1v) is 12.0. The molecule has 3 N–H and O–H groups in total. The third kappa shape index (κ3) is 5.22. The van der Waals surface area contributed by atoms with Crippen LogP contribution in [0.15, 0.2) is 36.5 Å². The van der Waals surface area contributed by atoms with E-state index in [2.05, 4.69) is 35.9 Å². The summed E-state index contributed by atoms with van der Waals surface area (Å²) >= 11 is 0. The van der Waals surface area contributed by atoms with Crippen LogP contribution in [-0.2, 0) is 4.79 Å². The number of fused-ring (bicyclic) bond motifs is 2. The maximum atomic E-state index is 12.5. The minimum Gasteiger partial charge on any atom is -0.390 e. The number of carbonyl (C=O) groups is 1. The second-order valence-corrected chi connectivity index (χ2v) is 9.94. The van der Waals surface area contributed by atoms with Gasteiger partial charge in [0.2, 0.25) is 11.9 Å². The molecule has 1 fully saturated rings. The Bertz CT molecular complexity index is 1380. The summed E-state index contributed by atoms with van der Waals surface area (Å²) < 4.78 is 1.70. The molecule has 4 aromatic rings. The summed E-state index contributed by atoms with van der Waals surface area (Å²) in [6.45, 7) is 5.93. The van der Waals surface area contributed by atoms with Gasteiger partial charge in [-0.3, -0.25) is 9.78 Å². The van der Waals surface area contributed by atoms with Crippen molar-refractivity contribution in [3.63, 3.8) is 0 Å². The molecule has 182 valence electrons. The van der Waals surface area contributed by atoms with Gasteiger partial charge in [0, 0.05) is 29.6 Å². The molecule has 3 heterocycles. The van der Waals surface area contributed by atoms with Crippen molar-refractivity contribution in [2.24, 2.45) is 5.92 Å². The number of rotatable bonds is 7. The van der Waals surface area contributed by atoms with Gasteiger partial charge in [0.1, 0.15) is 0 Å². The lowest BCUT2D eigenvalue weighted by atomic mass is 10.0. The predicted molar refractivity (Wildman–Crippen MR) is 133 cm³/mol. The van der Waals surface area contributed by atoms with Crippen molar-refractivity contribution < 1.29 is 9.90 Å². The lowest BCUT2D eigenvalue weighted by Gasteiger charge is -2.18. The number of hydrogen-bond acceptors (Lipinski definition) is 8. The highest BCUT2D eigenvalue weighted by Crippen LogP contribution is 2.28. The lowest BCUT2D eigenvalue weighted by Crippen LogP contribution is -2.34. The van der Waals surface area contributed by atoms with E-state index in [-0.39, 0.29) is 17.9 Å². The summed E-state index contributed by atoms with van der Waals surface area (Å²) in [6.07, 6.45) is 4.56. The van der Waals surface area contributed by atoms with Crippen LogP contribution >= 0.6 is 0 Å². The summed E-state index contributed by atoms with van der Waals surface area (Å²) in [4.78, 5) is 26.2. The van der Waals surface area contributed by atoms with E-state index in [0.717, 1.165) is 35.1 Å². The van der Waals surface area contributed by atoms with Gasteiger partial charge in [-0.15, -0.1) is 5.10 Å². The van der Waals surface area contributed by atoms with Crippen molar-refractivity contribution in [2.45, 2.75) is 58.1 Å². The molecular formula is C25H30N8O2. The molecular weight excluding hydrogens is 444 g/mol.